The molecule has 0 atom stereocenters. The number of rotatable bonds is 6. The van der Waals surface area contributed by atoms with Gasteiger partial charge >= 0.3 is 0 Å². The van der Waals surface area contributed by atoms with Crippen LogP contribution >= 0.6 is 0 Å². The summed E-state index contributed by atoms with van der Waals surface area (Å²) in [7, 11) is 0. The largest absolute Gasteiger partial charge is 0.349 e. The average molecular weight is 325 g/mol. The Morgan fingerprint density at radius 1 is 1.17 bits per heavy atom. The van der Waals surface area contributed by atoms with E-state index in [0.717, 1.165) is 28.9 Å². The molecule has 0 bridgehead atoms. The maximum Gasteiger partial charge on any atom is 0.240 e. The summed E-state index contributed by atoms with van der Waals surface area (Å²) in [5, 5.41) is 2.82. The van der Waals surface area contributed by atoms with Gasteiger partial charge in [-0.15, -0.1) is 0 Å². The zero-order chi connectivity index (χ0) is 17.5. The zero-order valence-corrected chi connectivity index (χ0v) is 14.4. The van der Waals surface area contributed by atoms with Crippen molar-refractivity contribution in [2.24, 2.45) is 0 Å². The van der Waals surface area contributed by atoms with E-state index in [-0.39, 0.29) is 18.4 Å². The lowest BCUT2D eigenvalue weighted by molar-refractivity contribution is -0.123. The molecule has 0 saturated heterocycles. The van der Waals surface area contributed by atoms with E-state index < -0.39 is 0 Å². The van der Waals surface area contributed by atoms with E-state index in [2.05, 4.69) is 10.3 Å². The van der Waals surface area contributed by atoms with Gasteiger partial charge in [0.25, 0.3) is 0 Å². The van der Waals surface area contributed by atoms with Crippen LogP contribution in [0.15, 0.2) is 42.6 Å². The van der Waals surface area contributed by atoms with Crippen molar-refractivity contribution < 1.29 is 9.59 Å². The van der Waals surface area contributed by atoms with Crippen molar-refractivity contribution in [3.8, 4) is 0 Å². The van der Waals surface area contributed by atoms with Gasteiger partial charge in [0, 0.05) is 13.1 Å². The van der Waals surface area contributed by atoms with E-state index in [1.807, 2.05) is 50.2 Å². The molecular formula is C19H23N3O2. The van der Waals surface area contributed by atoms with Crippen molar-refractivity contribution >= 4 is 17.5 Å². The summed E-state index contributed by atoms with van der Waals surface area (Å²) in [5.41, 5.74) is 3.66. The molecule has 0 aliphatic heterocycles. The molecule has 1 aromatic heterocycles. The molecule has 2 rings (SSSR count). The standard InChI is InChI=1S/C19H23N3O2/c1-4-16-9-7-8-14(2)19(16)22(15(3)23)13-18(24)21-12-17-10-5-6-11-20-17/h5-11H,4,12-13H2,1-3H3,(H,21,24). The highest BCUT2D eigenvalue weighted by Crippen LogP contribution is 2.25. The third-order valence-electron chi connectivity index (χ3n) is 3.85. The van der Waals surface area contributed by atoms with E-state index in [1.54, 1.807) is 11.1 Å². The Hall–Kier alpha value is -2.69. The zero-order valence-electron chi connectivity index (χ0n) is 14.4. The van der Waals surface area contributed by atoms with E-state index in [1.165, 1.54) is 6.92 Å². The Morgan fingerprint density at radius 2 is 1.96 bits per heavy atom. The maximum absolute atomic E-state index is 12.3. The van der Waals surface area contributed by atoms with Crippen molar-refractivity contribution in [1.82, 2.24) is 10.3 Å². The summed E-state index contributed by atoms with van der Waals surface area (Å²) < 4.78 is 0. The van der Waals surface area contributed by atoms with Crippen LogP contribution in [0.5, 0.6) is 0 Å². The Bertz CT molecular complexity index is 714. The van der Waals surface area contributed by atoms with Crippen LogP contribution in [0.2, 0.25) is 0 Å². The molecule has 0 saturated carbocycles. The fourth-order valence-corrected chi connectivity index (χ4v) is 2.63. The van der Waals surface area contributed by atoms with Crippen molar-refractivity contribution in [1.29, 1.82) is 0 Å². The summed E-state index contributed by atoms with van der Waals surface area (Å²) in [4.78, 5) is 30.1. The number of carbonyl (C=O) groups excluding carboxylic acids is 2. The van der Waals surface area contributed by atoms with Crippen molar-refractivity contribution in [2.45, 2.75) is 33.7 Å². The first-order chi connectivity index (χ1) is 11.5. The highest BCUT2D eigenvalue weighted by Gasteiger charge is 2.20. The highest BCUT2D eigenvalue weighted by molar-refractivity contribution is 5.98. The molecule has 0 unspecified atom stereocenters. The van der Waals surface area contributed by atoms with Crippen LogP contribution in [0.25, 0.3) is 0 Å². The number of pyridine rings is 1. The lowest BCUT2D eigenvalue weighted by atomic mass is 10.0. The summed E-state index contributed by atoms with van der Waals surface area (Å²) >= 11 is 0. The number of hydrogen-bond acceptors (Lipinski definition) is 3. The second-order valence-corrected chi connectivity index (χ2v) is 5.64. The molecule has 0 aliphatic carbocycles. The molecule has 126 valence electrons. The number of aryl methyl sites for hydroxylation is 2. The topological polar surface area (TPSA) is 62.3 Å². The molecule has 2 amide bonds. The number of benzene rings is 1. The number of nitrogens with zero attached hydrogens (tertiary/aromatic N) is 2. The van der Waals surface area contributed by atoms with E-state index in [4.69, 9.17) is 0 Å². The summed E-state index contributed by atoms with van der Waals surface area (Å²) in [6.07, 6.45) is 2.49. The van der Waals surface area contributed by atoms with Gasteiger partial charge in [0.05, 0.1) is 17.9 Å². The third-order valence-corrected chi connectivity index (χ3v) is 3.85. The molecule has 1 heterocycles. The summed E-state index contributed by atoms with van der Waals surface area (Å²) in [6, 6.07) is 11.5. The molecule has 1 aromatic carbocycles. The Labute approximate surface area is 142 Å². The fraction of sp³-hybridized carbons (Fsp3) is 0.316. The number of amides is 2. The minimum Gasteiger partial charge on any atom is -0.349 e. The Morgan fingerprint density at radius 3 is 2.58 bits per heavy atom. The van der Waals surface area contributed by atoms with Crippen LogP contribution in [0.3, 0.4) is 0 Å². The molecule has 24 heavy (non-hydrogen) atoms. The molecule has 0 radical (unpaired) electrons. The number of carbonyl (C=O) groups is 2. The van der Waals surface area contributed by atoms with Gasteiger partial charge < -0.3 is 10.2 Å². The average Bonchev–Trinajstić information content (AvgIpc) is 2.58. The van der Waals surface area contributed by atoms with E-state index in [0.29, 0.717) is 6.54 Å². The molecule has 0 fully saturated rings. The van der Waals surface area contributed by atoms with Crippen LogP contribution in [0.4, 0.5) is 5.69 Å². The quantitative estimate of drug-likeness (QED) is 0.888. The smallest absolute Gasteiger partial charge is 0.240 e. The number of para-hydroxylation sites is 1. The van der Waals surface area contributed by atoms with Crippen molar-refractivity contribution in [2.75, 3.05) is 11.4 Å². The third kappa shape index (κ3) is 4.41. The second kappa shape index (κ2) is 8.24. The van der Waals surface area contributed by atoms with E-state index in [9.17, 15) is 9.59 Å². The molecule has 0 aliphatic rings. The number of anilines is 1. The van der Waals surface area contributed by atoms with Gasteiger partial charge in [-0.2, -0.15) is 0 Å². The monoisotopic (exact) mass is 325 g/mol. The normalized spacial score (nSPS) is 10.3. The minimum absolute atomic E-state index is 0.0000201. The first kappa shape index (κ1) is 17.7. The van der Waals surface area contributed by atoms with Crippen LogP contribution < -0.4 is 10.2 Å². The van der Waals surface area contributed by atoms with Crippen molar-refractivity contribution in [3.05, 3.63) is 59.4 Å². The van der Waals surface area contributed by atoms with Gasteiger partial charge in [-0.3, -0.25) is 14.6 Å². The lowest BCUT2D eigenvalue weighted by Gasteiger charge is -2.25. The molecule has 5 heteroatoms. The maximum atomic E-state index is 12.3. The SMILES string of the molecule is CCc1cccc(C)c1N(CC(=O)NCc1ccccn1)C(C)=O. The number of hydrogen-bond donors (Lipinski definition) is 1. The van der Waals surface area contributed by atoms with Gasteiger partial charge in [-0.1, -0.05) is 31.2 Å². The molecule has 5 nitrogen and oxygen atoms in total. The van der Waals surface area contributed by atoms with Crippen LogP contribution in [-0.2, 0) is 22.6 Å². The van der Waals surface area contributed by atoms with Crippen molar-refractivity contribution in [3.63, 3.8) is 0 Å². The lowest BCUT2D eigenvalue weighted by Crippen LogP contribution is -2.40. The Kier molecular flexibility index (Phi) is 6.07. The van der Waals surface area contributed by atoms with Gasteiger partial charge in [-0.05, 0) is 36.6 Å². The second-order valence-electron chi connectivity index (χ2n) is 5.64. The first-order valence-corrected chi connectivity index (χ1v) is 8.06. The molecule has 0 spiro atoms. The number of aromatic nitrogens is 1. The predicted octanol–water partition coefficient (Wildman–Crippen LogP) is 2.62. The molecule has 2 aromatic rings. The van der Waals surface area contributed by atoms with Crippen LogP contribution in [0, 0.1) is 6.92 Å². The Balaban J connectivity index is 2.12. The van der Waals surface area contributed by atoms with Crippen LogP contribution in [-0.4, -0.2) is 23.3 Å². The number of nitrogens with one attached hydrogen (secondary N) is 1. The van der Waals surface area contributed by atoms with Gasteiger partial charge in [0.15, 0.2) is 0 Å². The summed E-state index contributed by atoms with van der Waals surface area (Å²) in [5.74, 6) is -0.354. The predicted molar refractivity (Wildman–Crippen MR) is 94.7 cm³/mol. The van der Waals surface area contributed by atoms with Crippen LogP contribution in [0.1, 0.15) is 30.7 Å². The van der Waals surface area contributed by atoms with E-state index >= 15 is 0 Å². The summed E-state index contributed by atoms with van der Waals surface area (Å²) in [6.45, 7) is 5.83. The minimum atomic E-state index is -0.207. The first-order valence-electron chi connectivity index (χ1n) is 8.06. The fourth-order valence-electron chi connectivity index (χ4n) is 2.63. The van der Waals surface area contributed by atoms with Gasteiger partial charge in [0.2, 0.25) is 11.8 Å². The van der Waals surface area contributed by atoms with Gasteiger partial charge in [0.1, 0.15) is 6.54 Å². The molecular weight excluding hydrogens is 302 g/mol. The van der Waals surface area contributed by atoms with Gasteiger partial charge in [-0.25, -0.2) is 0 Å². The molecule has 1 N–H and O–H groups in total. The highest BCUT2D eigenvalue weighted by atomic mass is 16.2.